The van der Waals surface area contributed by atoms with Gasteiger partial charge in [-0.1, -0.05) is 47.1 Å². The van der Waals surface area contributed by atoms with Crippen LogP contribution in [-0.2, 0) is 16.1 Å². The van der Waals surface area contributed by atoms with Crippen LogP contribution in [0, 0.1) is 13.8 Å². The van der Waals surface area contributed by atoms with E-state index >= 15 is 0 Å². The summed E-state index contributed by atoms with van der Waals surface area (Å²) in [6.07, 6.45) is 0. The van der Waals surface area contributed by atoms with Crippen molar-refractivity contribution in [1.29, 1.82) is 0 Å². The van der Waals surface area contributed by atoms with E-state index in [4.69, 9.17) is 9.26 Å². The molecule has 2 aromatic carbocycles. The fraction of sp³-hybridized carbons (Fsp3) is 0.182. The zero-order valence-electron chi connectivity index (χ0n) is 16.6. The summed E-state index contributed by atoms with van der Waals surface area (Å²) in [6.45, 7) is 3.48. The third kappa shape index (κ3) is 5.54. The van der Waals surface area contributed by atoms with E-state index in [2.05, 4.69) is 15.8 Å². The molecule has 30 heavy (non-hydrogen) atoms. The molecule has 1 aromatic heterocycles. The van der Waals surface area contributed by atoms with Gasteiger partial charge in [-0.15, -0.1) is 0 Å². The van der Waals surface area contributed by atoms with Gasteiger partial charge in [-0.3, -0.25) is 9.59 Å². The van der Waals surface area contributed by atoms with Gasteiger partial charge in [0.25, 0.3) is 11.8 Å². The average molecular weight is 407 g/mol. The van der Waals surface area contributed by atoms with Crippen LogP contribution in [-0.4, -0.2) is 29.5 Å². The first-order valence-corrected chi connectivity index (χ1v) is 9.25. The van der Waals surface area contributed by atoms with Crippen LogP contribution in [0.25, 0.3) is 0 Å². The van der Waals surface area contributed by atoms with E-state index in [0.29, 0.717) is 23.5 Å². The van der Waals surface area contributed by atoms with Gasteiger partial charge in [0.05, 0.1) is 16.9 Å². The second-order valence-electron chi connectivity index (χ2n) is 6.67. The van der Waals surface area contributed by atoms with Crippen molar-refractivity contribution >= 4 is 23.5 Å². The lowest BCUT2D eigenvalue weighted by molar-refractivity contribution is -0.119. The van der Waals surface area contributed by atoms with Crippen molar-refractivity contribution in [3.63, 3.8) is 0 Å². The van der Waals surface area contributed by atoms with Crippen molar-refractivity contribution in [1.82, 2.24) is 10.5 Å². The second-order valence-corrected chi connectivity index (χ2v) is 6.67. The maximum absolute atomic E-state index is 12.6. The van der Waals surface area contributed by atoms with Crippen LogP contribution in [0.5, 0.6) is 0 Å². The van der Waals surface area contributed by atoms with E-state index in [-0.39, 0.29) is 11.7 Å². The number of para-hydroxylation sites is 1. The number of benzene rings is 2. The molecule has 154 valence electrons. The third-order valence-corrected chi connectivity index (χ3v) is 4.18. The summed E-state index contributed by atoms with van der Waals surface area (Å²) >= 11 is 0. The topological polar surface area (TPSA) is 111 Å². The molecule has 0 radical (unpaired) electrons. The van der Waals surface area contributed by atoms with E-state index in [9.17, 15) is 14.4 Å². The Hall–Kier alpha value is -3.94. The van der Waals surface area contributed by atoms with Crippen LogP contribution in [0.4, 0.5) is 5.69 Å². The Morgan fingerprint density at radius 1 is 1.03 bits per heavy atom. The number of esters is 1. The Morgan fingerprint density at radius 2 is 1.77 bits per heavy atom. The highest BCUT2D eigenvalue weighted by Gasteiger charge is 2.17. The molecule has 0 fully saturated rings. The van der Waals surface area contributed by atoms with Crippen LogP contribution in [0.1, 0.15) is 37.7 Å². The number of amides is 2. The summed E-state index contributed by atoms with van der Waals surface area (Å²) in [4.78, 5) is 36.6. The zero-order valence-corrected chi connectivity index (χ0v) is 16.6. The van der Waals surface area contributed by atoms with Crippen LogP contribution in [0.3, 0.4) is 0 Å². The molecule has 3 rings (SSSR count). The number of ether oxygens (including phenoxy) is 1. The molecule has 0 spiro atoms. The Morgan fingerprint density at radius 3 is 2.47 bits per heavy atom. The molecule has 8 nitrogen and oxygen atoms in total. The first kappa shape index (κ1) is 20.8. The summed E-state index contributed by atoms with van der Waals surface area (Å²) in [5.74, 6) is -1.80. The fourth-order valence-corrected chi connectivity index (χ4v) is 2.62. The van der Waals surface area contributed by atoms with Crippen LogP contribution < -0.4 is 10.6 Å². The minimum absolute atomic E-state index is 0.0869. The number of rotatable bonds is 7. The number of aryl methyl sites for hydroxylation is 2. The van der Waals surface area contributed by atoms with Crippen molar-refractivity contribution in [2.24, 2.45) is 0 Å². The minimum Gasteiger partial charge on any atom is -0.450 e. The molecule has 2 amide bonds. The first-order valence-electron chi connectivity index (χ1n) is 9.25. The van der Waals surface area contributed by atoms with Gasteiger partial charge in [0.1, 0.15) is 0 Å². The van der Waals surface area contributed by atoms with Gasteiger partial charge in [0.15, 0.2) is 6.61 Å². The highest BCUT2D eigenvalue weighted by Crippen LogP contribution is 2.15. The zero-order chi connectivity index (χ0) is 21.5. The Kier molecular flexibility index (Phi) is 6.59. The molecule has 0 saturated heterocycles. The predicted molar refractivity (Wildman–Crippen MR) is 109 cm³/mol. The summed E-state index contributed by atoms with van der Waals surface area (Å²) in [6, 6.07) is 15.8. The summed E-state index contributed by atoms with van der Waals surface area (Å²) < 4.78 is 9.69. The Bertz CT molecular complexity index is 1060. The summed E-state index contributed by atoms with van der Waals surface area (Å²) in [5.41, 5.74) is 3.24. The molecule has 0 saturated carbocycles. The first-order chi connectivity index (χ1) is 14.4. The van der Waals surface area contributed by atoms with Crippen molar-refractivity contribution < 1.29 is 23.6 Å². The number of carbonyl (C=O) groups excluding carboxylic acids is 3. The molecule has 1 heterocycles. The van der Waals surface area contributed by atoms with Crippen molar-refractivity contribution in [2.45, 2.75) is 20.4 Å². The Labute approximate surface area is 173 Å². The lowest BCUT2D eigenvalue weighted by atomic mass is 10.1. The van der Waals surface area contributed by atoms with Gasteiger partial charge in [0.2, 0.25) is 5.76 Å². The predicted octanol–water partition coefficient (Wildman–Crippen LogP) is 3.02. The number of aromatic nitrogens is 1. The second kappa shape index (κ2) is 9.51. The molecule has 0 aliphatic carbocycles. The minimum atomic E-state index is -0.796. The Balaban J connectivity index is 1.57. The van der Waals surface area contributed by atoms with E-state index in [1.165, 1.54) is 6.07 Å². The van der Waals surface area contributed by atoms with Crippen LogP contribution >= 0.6 is 0 Å². The van der Waals surface area contributed by atoms with Crippen molar-refractivity contribution in [2.75, 3.05) is 11.9 Å². The molecule has 0 aliphatic rings. The number of nitrogens with zero attached hydrogens (tertiary/aromatic N) is 1. The number of nitrogens with one attached hydrogen (secondary N) is 2. The molecule has 0 bridgehead atoms. The quantitative estimate of drug-likeness (QED) is 0.583. The normalized spacial score (nSPS) is 10.3. The molecular weight excluding hydrogens is 386 g/mol. The molecular formula is C22H21N3O5. The lowest BCUT2D eigenvalue weighted by Gasteiger charge is -2.11. The molecule has 2 N–H and O–H groups in total. The number of anilines is 1. The largest absolute Gasteiger partial charge is 0.450 e. The molecule has 3 aromatic rings. The van der Waals surface area contributed by atoms with Gasteiger partial charge in [-0.2, -0.15) is 0 Å². The van der Waals surface area contributed by atoms with E-state index in [0.717, 1.165) is 11.1 Å². The molecule has 0 atom stereocenters. The fourth-order valence-electron chi connectivity index (χ4n) is 2.62. The van der Waals surface area contributed by atoms with Gasteiger partial charge >= 0.3 is 5.97 Å². The van der Waals surface area contributed by atoms with Gasteiger partial charge in [0, 0.05) is 12.6 Å². The number of carbonyl (C=O) groups is 3. The maximum Gasteiger partial charge on any atom is 0.377 e. The van der Waals surface area contributed by atoms with E-state index < -0.39 is 18.5 Å². The number of hydrogen-bond acceptors (Lipinski definition) is 6. The summed E-state index contributed by atoms with van der Waals surface area (Å²) in [5, 5.41) is 9.00. The highest BCUT2D eigenvalue weighted by molar-refractivity contribution is 6.04. The van der Waals surface area contributed by atoms with Gasteiger partial charge < -0.3 is 19.9 Å². The monoisotopic (exact) mass is 407 g/mol. The third-order valence-electron chi connectivity index (χ3n) is 4.18. The smallest absolute Gasteiger partial charge is 0.377 e. The highest BCUT2D eigenvalue weighted by atomic mass is 16.6. The van der Waals surface area contributed by atoms with Crippen molar-refractivity contribution in [3.8, 4) is 0 Å². The summed E-state index contributed by atoms with van der Waals surface area (Å²) in [7, 11) is 0. The van der Waals surface area contributed by atoms with E-state index in [1.807, 2.05) is 31.2 Å². The van der Waals surface area contributed by atoms with E-state index in [1.54, 1.807) is 31.2 Å². The molecule has 0 aliphatic heterocycles. The lowest BCUT2D eigenvalue weighted by Crippen LogP contribution is -2.26. The molecule has 8 heteroatoms. The SMILES string of the molecule is Cc1ccc(CNC(=O)c2ccccc2NC(=O)COC(=O)c2cc(C)no2)cc1. The van der Waals surface area contributed by atoms with Gasteiger partial charge in [-0.25, -0.2) is 4.79 Å². The van der Waals surface area contributed by atoms with Crippen LogP contribution in [0.15, 0.2) is 59.1 Å². The molecule has 0 unspecified atom stereocenters. The van der Waals surface area contributed by atoms with Crippen LogP contribution in [0.2, 0.25) is 0 Å². The maximum atomic E-state index is 12.6. The van der Waals surface area contributed by atoms with Crippen molar-refractivity contribution in [3.05, 3.63) is 82.7 Å². The van der Waals surface area contributed by atoms with Gasteiger partial charge in [-0.05, 0) is 31.5 Å². The standard InChI is InChI=1S/C22H21N3O5/c1-14-7-9-16(10-8-14)12-23-21(27)17-5-3-4-6-18(17)24-20(26)13-29-22(28)19-11-15(2)25-30-19/h3-11H,12-13H2,1-2H3,(H,23,27)(H,24,26). The number of hydrogen-bond donors (Lipinski definition) is 2. The average Bonchev–Trinajstić information content (AvgIpc) is 3.18.